The van der Waals surface area contributed by atoms with Crippen molar-refractivity contribution < 1.29 is 14.3 Å². The van der Waals surface area contributed by atoms with E-state index < -0.39 is 0 Å². The van der Waals surface area contributed by atoms with Crippen LogP contribution in [0.4, 0.5) is 4.79 Å². The lowest BCUT2D eigenvalue weighted by Crippen LogP contribution is -2.37. The van der Waals surface area contributed by atoms with Gasteiger partial charge >= 0.3 is 6.03 Å². The van der Waals surface area contributed by atoms with Crippen molar-refractivity contribution in [3.63, 3.8) is 0 Å². The van der Waals surface area contributed by atoms with Gasteiger partial charge in [0, 0.05) is 6.54 Å². The third-order valence-corrected chi connectivity index (χ3v) is 3.49. The fraction of sp³-hybridized carbons (Fsp3) is 0.562. The third-order valence-electron chi connectivity index (χ3n) is 3.49. The van der Waals surface area contributed by atoms with Gasteiger partial charge < -0.3 is 20.1 Å². The van der Waals surface area contributed by atoms with Crippen LogP contribution in [0.15, 0.2) is 18.2 Å². The van der Waals surface area contributed by atoms with Crippen LogP contribution in [0.3, 0.4) is 0 Å². The lowest BCUT2D eigenvalue weighted by Gasteiger charge is -2.15. The number of ether oxygens (including phenoxy) is 2. The van der Waals surface area contributed by atoms with Gasteiger partial charge in [-0.25, -0.2) is 4.79 Å². The van der Waals surface area contributed by atoms with Crippen molar-refractivity contribution in [2.45, 2.75) is 39.7 Å². The Kier molecular flexibility index (Phi) is 5.31. The van der Waals surface area contributed by atoms with E-state index in [1.807, 2.05) is 25.1 Å². The smallest absolute Gasteiger partial charge is 0.315 e. The third kappa shape index (κ3) is 4.55. The normalized spacial score (nSPS) is 14.1. The number of nitrogens with one attached hydrogen (secondary N) is 2. The molecule has 0 fully saturated rings. The summed E-state index contributed by atoms with van der Waals surface area (Å²) in [6.45, 7) is 7.28. The van der Waals surface area contributed by atoms with E-state index in [0.717, 1.165) is 29.9 Å². The molecule has 1 atom stereocenters. The largest absolute Gasteiger partial charge is 0.454 e. The molecule has 1 aliphatic heterocycles. The van der Waals surface area contributed by atoms with Crippen LogP contribution in [0.5, 0.6) is 11.5 Å². The predicted molar refractivity (Wildman–Crippen MR) is 81.6 cm³/mol. The number of hydrogen-bond donors (Lipinski definition) is 2. The number of amides is 2. The van der Waals surface area contributed by atoms with Crippen LogP contribution in [0, 0.1) is 5.92 Å². The number of benzene rings is 1. The van der Waals surface area contributed by atoms with Gasteiger partial charge in [0.1, 0.15) is 0 Å². The van der Waals surface area contributed by atoms with Gasteiger partial charge in [-0.05, 0) is 43.4 Å². The zero-order valence-corrected chi connectivity index (χ0v) is 12.9. The predicted octanol–water partition coefficient (Wildman–Crippen LogP) is 3.21. The zero-order valence-electron chi connectivity index (χ0n) is 12.9. The highest BCUT2D eigenvalue weighted by Gasteiger charge is 2.16. The number of urea groups is 1. The highest BCUT2D eigenvalue weighted by molar-refractivity contribution is 5.74. The van der Waals surface area contributed by atoms with Crippen molar-refractivity contribution >= 4 is 6.03 Å². The molecule has 0 aromatic heterocycles. The van der Waals surface area contributed by atoms with Gasteiger partial charge in [0.15, 0.2) is 11.5 Å². The summed E-state index contributed by atoms with van der Waals surface area (Å²) in [6, 6.07) is 5.51. The minimum atomic E-state index is -0.135. The maximum absolute atomic E-state index is 11.8. The van der Waals surface area contributed by atoms with Crippen molar-refractivity contribution in [1.82, 2.24) is 10.6 Å². The summed E-state index contributed by atoms with van der Waals surface area (Å²) in [5.74, 6) is 2.16. The maximum atomic E-state index is 11.8. The Hall–Kier alpha value is -1.91. The molecule has 0 saturated heterocycles. The van der Waals surface area contributed by atoms with E-state index in [9.17, 15) is 4.79 Å². The van der Waals surface area contributed by atoms with E-state index in [2.05, 4.69) is 24.5 Å². The summed E-state index contributed by atoms with van der Waals surface area (Å²) in [6.07, 6.45) is 2.13. The molecule has 1 aromatic rings. The fourth-order valence-electron chi connectivity index (χ4n) is 2.23. The van der Waals surface area contributed by atoms with Crippen LogP contribution in [-0.2, 0) is 0 Å². The average molecular weight is 292 g/mol. The highest BCUT2D eigenvalue weighted by Crippen LogP contribution is 2.34. The van der Waals surface area contributed by atoms with E-state index in [4.69, 9.17) is 9.47 Å². The molecular weight excluding hydrogens is 268 g/mol. The van der Waals surface area contributed by atoms with E-state index in [1.165, 1.54) is 0 Å². The molecule has 2 N–H and O–H groups in total. The van der Waals surface area contributed by atoms with Crippen LogP contribution in [0.25, 0.3) is 0 Å². The van der Waals surface area contributed by atoms with Crippen LogP contribution >= 0.6 is 0 Å². The molecule has 0 bridgehead atoms. The van der Waals surface area contributed by atoms with Gasteiger partial charge in [-0.3, -0.25) is 0 Å². The summed E-state index contributed by atoms with van der Waals surface area (Å²) in [5.41, 5.74) is 0.997. The first-order valence-electron chi connectivity index (χ1n) is 7.50. The Morgan fingerprint density at radius 1 is 1.24 bits per heavy atom. The van der Waals surface area contributed by atoms with E-state index in [0.29, 0.717) is 12.5 Å². The van der Waals surface area contributed by atoms with E-state index in [-0.39, 0.29) is 18.9 Å². The molecule has 21 heavy (non-hydrogen) atoms. The van der Waals surface area contributed by atoms with Gasteiger partial charge in [0.2, 0.25) is 6.79 Å². The molecular formula is C16H24N2O3. The standard InChI is InChI=1S/C16H24N2O3/c1-11(2)5-4-8-17-16(19)18-12(3)13-6-7-14-15(9-13)21-10-20-14/h6-7,9,11-12H,4-5,8,10H2,1-3H3,(H2,17,18,19). The van der Waals surface area contributed by atoms with Crippen molar-refractivity contribution in [2.75, 3.05) is 13.3 Å². The number of hydrogen-bond acceptors (Lipinski definition) is 3. The van der Waals surface area contributed by atoms with Gasteiger partial charge in [0.25, 0.3) is 0 Å². The highest BCUT2D eigenvalue weighted by atomic mass is 16.7. The van der Waals surface area contributed by atoms with Gasteiger partial charge in [0.05, 0.1) is 6.04 Å². The first kappa shape index (κ1) is 15.5. The summed E-state index contributed by atoms with van der Waals surface area (Å²) < 4.78 is 10.6. The number of carbonyl (C=O) groups excluding carboxylic acids is 1. The van der Waals surface area contributed by atoms with E-state index >= 15 is 0 Å². The average Bonchev–Trinajstić information content (AvgIpc) is 2.90. The van der Waals surface area contributed by atoms with Gasteiger partial charge in [-0.2, -0.15) is 0 Å². The molecule has 0 spiro atoms. The number of carbonyl (C=O) groups is 1. The van der Waals surface area contributed by atoms with Crippen molar-refractivity contribution in [1.29, 1.82) is 0 Å². The quantitative estimate of drug-likeness (QED) is 0.791. The fourth-order valence-corrected chi connectivity index (χ4v) is 2.23. The topological polar surface area (TPSA) is 59.6 Å². The monoisotopic (exact) mass is 292 g/mol. The number of rotatable bonds is 6. The molecule has 1 unspecified atom stereocenters. The van der Waals surface area contributed by atoms with Gasteiger partial charge in [-0.1, -0.05) is 19.9 Å². The van der Waals surface area contributed by atoms with E-state index in [1.54, 1.807) is 0 Å². The molecule has 5 heteroatoms. The van der Waals surface area contributed by atoms with Gasteiger partial charge in [-0.15, -0.1) is 0 Å². The lowest BCUT2D eigenvalue weighted by atomic mass is 10.1. The van der Waals surface area contributed by atoms with Crippen LogP contribution in [0.1, 0.15) is 45.2 Å². The van der Waals surface area contributed by atoms with Crippen LogP contribution < -0.4 is 20.1 Å². The minimum absolute atomic E-state index is 0.0791. The molecule has 0 saturated carbocycles. The second kappa shape index (κ2) is 7.20. The summed E-state index contributed by atoms with van der Waals surface area (Å²) in [5, 5.41) is 5.81. The summed E-state index contributed by atoms with van der Waals surface area (Å²) >= 11 is 0. The molecule has 1 aliphatic rings. The Balaban J connectivity index is 1.78. The first-order valence-corrected chi connectivity index (χ1v) is 7.50. The molecule has 2 rings (SSSR count). The Bertz CT molecular complexity index is 488. The second-order valence-electron chi connectivity index (χ2n) is 5.77. The maximum Gasteiger partial charge on any atom is 0.315 e. The SMILES string of the molecule is CC(C)CCCNC(=O)NC(C)c1ccc2c(c1)OCO2. The summed E-state index contributed by atoms with van der Waals surface area (Å²) in [4.78, 5) is 11.8. The second-order valence-corrected chi connectivity index (χ2v) is 5.77. The molecule has 116 valence electrons. The van der Waals surface area contributed by atoms with Crippen LogP contribution in [-0.4, -0.2) is 19.4 Å². The Labute approximate surface area is 126 Å². The molecule has 5 nitrogen and oxygen atoms in total. The van der Waals surface area contributed by atoms with Crippen molar-refractivity contribution in [3.05, 3.63) is 23.8 Å². The Morgan fingerprint density at radius 2 is 2.00 bits per heavy atom. The minimum Gasteiger partial charge on any atom is -0.454 e. The van der Waals surface area contributed by atoms with Crippen LogP contribution in [0.2, 0.25) is 0 Å². The summed E-state index contributed by atoms with van der Waals surface area (Å²) in [7, 11) is 0. The molecule has 0 aliphatic carbocycles. The molecule has 0 radical (unpaired) electrons. The first-order chi connectivity index (χ1) is 10.1. The van der Waals surface area contributed by atoms with Crippen molar-refractivity contribution in [3.8, 4) is 11.5 Å². The zero-order chi connectivity index (χ0) is 15.2. The number of fused-ring (bicyclic) bond motifs is 1. The Morgan fingerprint density at radius 3 is 2.76 bits per heavy atom. The molecule has 2 amide bonds. The molecule has 1 aromatic carbocycles. The lowest BCUT2D eigenvalue weighted by molar-refractivity contribution is 0.174. The van der Waals surface area contributed by atoms with Crippen molar-refractivity contribution in [2.24, 2.45) is 5.92 Å². The molecule has 1 heterocycles.